The maximum atomic E-state index is 4.91. The molecule has 0 unspecified atom stereocenters. The van der Waals surface area contributed by atoms with Crippen LogP contribution in [0.3, 0.4) is 0 Å². The fourth-order valence-electron chi connectivity index (χ4n) is 0.809. The Morgan fingerprint density at radius 3 is 3.00 bits per heavy atom. The summed E-state index contributed by atoms with van der Waals surface area (Å²) in [4.78, 5) is 4.12. The van der Waals surface area contributed by atoms with Crippen LogP contribution in [0.15, 0.2) is 28.4 Å². The number of methoxy groups -OCH3 is 1. The van der Waals surface area contributed by atoms with Crippen molar-refractivity contribution in [2.24, 2.45) is 4.99 Å². The Bertz CT molecular complexity index is 201. The molecule has 0 aromatic heterocycles. The van der Waals surface area contributed by atoms with Crippen molar-refractivity contribution in [3.8, 4) is 0 Å². The second kappa shape index (κ2) is 3.32. The Hall–Kier alpha value is -0.890. The van der Waals surface area contributed by atoms with Gasteiger partial charge >= 0.3 is 0 Å². The van der Waals surface area contributed by atoms with Gasteiger partial charge in [-0.15, -0.1) is 0 Å². The molecule has 0 radical (unpaired) electrons. The third-order valence-corrected chi connectivity index (χ3v) is 1.34. The van der Waals surface area contributed by atoms with Crippen molar-refractivity contribution in [3.63, 3.8) is 0 Å². The molecule has 1 rings (SSSR count). The number of hydrogen-bond acceptors (Lipinski definition) is 2. The SMILES string of the molecule is C/C=C1\C=NC(COC)=C1. The van der Waals surface area contributed by atoms with Crippen LogP contribution in [0.25, 0.3) is 0 Å². The standard InChI is InChI=1S/C8H11NO/c1-3-7-4-8(6-10-2)9-5-7/h3-5H,6H2,1-2H3/b7-3-. The first-order valence-electron chi connectivity index (χ1n) is 3.26. The van der Waals surface area contributed by atoms with Crippen molar-refractivity contribution in [2.75, 3.05) is 13.7 Å². The van der Waals surface area contributed by atoms with E-state index in [2.05, 4.69) is 4.99 Å². The maximum absolute atomic E-state index is 4.91. The van der Waals surface area contributed by atoms with Crippen LogP contribution in [0.2, 0.25) is 0 Å². The largest absolute Gasteiger partial charge is 0.378 e. The molecule has 0 saturated carbocycles. The van der Waals surface area contributed by atoms with Gasteiger partial charge in [0.1, 0.15) is 0 Å². The molecule has 54 valence electrons. The molecule has 0 aliphatic carbocycles. The molecule has 0 saturated heterocycles. The van der Waals surface area contributed by atoms with Crippen molar-refractivity contribution < 1.29 is 4.74 Å². The van der Waals surface area contributed by atoms with Gasteiger partial charge in [-0.1, -0.05) is 6.08 Å². The minimum atomic E-state index is 0.605. The monoisotopic (exact) mass is 137 g/mol. The minimum Gasteiger partial charge on any atom is -0.378 e. The fourth-order valence-corrected chi connectivity index (χ4v) is 0.809. The van der Waals surface area contributed by atoms with Crippen LogP contribution in [0.5, 0.6) is 0 Å². The lowest BCUT2D eigenvalue weighted by molar-refractivity contribution is 0.225. The van der Waals surface area contributed by atoms with Crippen molar-refractivity contribution in [2.45, 2.75) is 6.92 Å². The van der Waals surface area contributed by atoms with E-state index >= 15 is 0 Å². The van der Waals surface area contributed by atoms with Crippen LogP contribution in [0.4, 0.5) is 0 Å². The van der Waals surface area contributed by atoms with Crippen LogP contribution in [0.1, 0.15) is 6.92 Å². The van der Waals surface area contributed by atoms with E-state index in [-0.39, 0.29) is 0 Å². The predicted octanol–water partition coefficient (Wildman–Crippen LogP) is 1.55. The van der Waals surface area contributed by atoms with Crippen LogP contribution in [-0.4, -0.2) is 19.9 Å². The average Bonchev–Trinajstić information content (AvgIpc) is 2.37. The van der Waals surface area contributed by atoms with Gasteiger partial charge in [0.05, 0.1) is 12.3 Å². The van der Waals surface area contributed by atoms with E-state index in [0.29, 0.717) is 6.61 Å². The summed E-state index contributed by atoms with van der Waals surface area (Å²) in [6, 6.07) is 0. The summed E-state index contributed by atoms with van der Waals surface area (Å²) in [6.45, 7) is 2.60. The third kappa shape index (κ3) is 1.54. The summed E-state index contributed by atoms with van der Waals surface area (Å²) in [5.74, 6) is 0. The lowest BCUT2D eigenvalue weighted by atomic mass is 10.3. The highest BCUT2D eigenvalue weighted by Crippen LogP contribution is 2.09. The van der Waals surface area contributed by atoms with Gasteiger partial charge in [0, 0.05) is 13.3 Å². The van der Waals surface area contributed by atoms with Crippen molar-refractivity contribution in [3.05, 3.63) is 23.4 Å². The van der Waals surface area contributed by atoms with E-state index in [1.807, 2.05) is 25.3 Å². The van der Waals surface area contributed by atoms with Crippen LogP contribution < -0.4 is 0 Å². The molecule has 10 heavy (non-hydrogen) atoms. The summed E-state index contributed by atoms with van der Waals surface area (Å²) in [5, 5.41) is 0. The van der Waals surface area contributed by atoms with Gasteiger partial charge in [-0.05, 0) is 18.6 Å². The first-order valence-corrected chi connectivity index (χ1v) is 3.26. The zero-order valence-corrected chi connectivity index (χ0v) is 6.29. The molecular weight excluding hydrogens is 126 g/mol. The summed E-state index contributed by atoms with van der Waals surface area (Å²) in [6.07, 6.45) is 5.88. The fraction of sp³-hybridized carbons (Fsp3) is 0.375. The summed E-state index contributed by atoms with van der Waals surface area (Å²) >= 11 is 0. The van der Waals surface area contributed by atoms with E-state index in [1.54, 1.807) is 7.11 Å². The minimum absolute atomic E-state index is 0.605. The average molecular weight is 137 g/mol. The number of hydrogen-bond donors (Lipinski definition) is 0. The quantitative estimate of drug-likeness (QED) is 0.565. The van der Waals surface area contributed by atoms with Gasteiger partial charge in [-0.3, -0.25) is 4.99 Å². The van der Waals surface area contributed by atoms with Crippen molar-refractivity contribution in [1.82, 2.24) is 0 Å². The van der Waals surface area contributed by atoms with Crippen LogP contribution in [-0.2, 0) is 4.74 Å². The lowest BCUT2D eigenvalue weighted by Crippen LogP contribution is -1.87. The normalized spacial score (nSPS) is 20.2. The highest BCUT2D eigenvalue weighted by atomic mass is 16.5. The van der Waals surface area contributed by atoms with Gasteiger partial charge in [-0.2, -0.15) is 0 Å². The highest BCUT2D eigenvalue weighted by molar-refractivity contribution is 5.86. The van der Waals surface area contributed by atoms with E-state index in [9.17, 15) is 0 Å². The van der Waals surface area contributed by atoms with Crippen LogP contribution >= 0.6 is 0 Å². The molecule has 0 aromatic rings. The molecule has 0 bridgehead atoms. The topological polar surface area (TPSA) is 21.6 Å². The maximum Gasteiger partial charge on any atom is 0.0884 e. The van der Waals surface area contributed by atoms with Gasteiger partial charge in [0.15, 0.2) is 0 Å². The Morgan fingerprint density at radius 1 is 1.70 bits per heavy atom. The van der Waals surface area contributed by atoms with Crippen LogP contribution in [0, 0.1) is 0 Å². The Kier molecular flexibility index (Phi) is 2.40. The van der Waals surface area contributed by atoms with Gasteiger partial charge in [-0.25, -0.2) is 0 Å². The molecule has 2 nitrogen and oxygen atoms in total. The molecule has 0 fully saturated rings. The summed E-state index contributed by atoms with van der Waals surface area (Å²) in [5.41, 5.74) is 2.16. The highest BCUT2D eigenvalue weighted by Gasteiger charge is 2.00. The first-order chi connectivity index (χ1) is 4.86. The molecule has 2 heteroatoms. The van der Waals surface area contributed by atoms with Gasteiger partial charge < -0.3 is 4.74 Å². The Balaban J connectivity index is 2.59. The molecule has 0 spiro atoms. The summed E-state index contributed by atoms with van der Waals surface area (Å²) < 4.78 is 4.91. The number of rotatable bonds is 2. The molecular formula is C8H11NO. The molecule has 1 aliphatic rings. The predicted molar refractivity (Wildman–Crippen MR) is 42.2 cm³/mol. The lowest BCUT2D eigenvalue weighted by Gasteiger charge is -1.92. The van der Waals surface area contributed by atoms with E-state index in [4.69, 9.17) is 4.74 Å². The first kappa shape index (κ1) is 7.22. The molecule has 0 atom stereocenters. The second-order valence-corrected chi connectivity index (χ2v) is 2.12. The van der Waals surface area contributed by atoms with Gasteiger partial charge in [0.2, 0.25) is 0 Å². The number of allylic oxidation sites excluding steroid dienone is 3. The third-order valence-electron chi connectivity index (χ3n) is 1.34. The molecule has 0 aromatic carbocycles. The van der Waals surface area contributed by atoms with E-state index < -0.39 is 0 Å². The zero-order chi connectivity index (χ0) is 7.40. The molecule has 1 heterocycles. The Labute approximate surface area is 60.9 Å². The smallest absolute Gasteiger partial charge is 0.0884 e. The number of nitrogens with zero attached hydrogens (tertiary/aromatic N) is 1. The van der Waals surface area contributed by atoms with E-state index in [1.165, 1.54) is 0 Å². The Morgan fingerprint density at radius 2 is 2.50 bits per heavy atom. The van der Waals surface area contributed by atoms with Gasteiger partial charge in [0.25, 0.3) is 0 Å². The summed E-state index contributed by atoms with van der Waals surface area (Å²) in [7, 11) is 1.67. The number of ether oxygens (including phenoxy) is 1. The van der Waals surface area contributed by atoms with Crippen molar-refractivity contribution in [1.29, 1.82) is 0 Å². The van der Waals surface area contributed by atoms with Crippen molar-refractivity contribution >= 4 is 6.21 Å². The number of aliphatic imine (C=N–C) groups is 1. The molecule has 1 aliphatic heterocycles. The zero-order valence-electron chi connectivity index (χ0n) is 6.29. The molecule has 0 amide bonds. The second-order valence-electron chi connectivity index (χ2n) is 2.12. The molecule has 0 N–H and O–H groups in total. The van der Waals surface area contributed by atoms with E-state index in [0.717, 1.165) is 11.3 Å².